The van der Waals surface area contributed by atoms with Crippen molar-refractivity contribution >= 4 is 11.9 Å². The number of halogens is 3. The number of amides is 1. The van der Waals surface area contributed by atoms with Gasteiger partial charge in [0.1, 0.15) is 12.0 Å². The van der Waals surface area contributed by atoms with Gasteiger partial charge in [0.15, 0.2) is 11.9 Å². The largest absolute Gasteiger partial charge is 0.480 e. The molecule has 10 heteroatoms. The smallest absolute Gasteiger partial charge is 0.419 e. The number of nitrogens with zero attached hydrogens (tertiary/aromatic N) is 2. The Hall–Kier alpha value is -3.30. The number of benzene rings is 1. The number of aromatic amines is 1. The van der Waals surface area contributed by atoms with Crippen molar-refractivity contribution in [3.8, 4) is 17.1 Å². The molecular formula is C16H13F3N4O3. The first-order chi connectivity index (χ1) is 12.3. The van der Waals surface area contributed by atoms with Crippen molar-refractivity contribution in [1.82, 2.24) is 15.2 Å². The fraction of sp³-hybridized carbons (Fsp3) is 0.188. The summed E-state index contributed by atoms with van der Waals surface area (Å²) in [7, 11) is 0. The van der Waals surface area contributed by atoms with Gasteiger partial charge < -0.3 is 9.15 Å². The lowest BCUT2D eigenvalue weighted by Crippen LogP contribution is -2.31. The van der Waals surface area contributed by atoms with Gasteiger partial charge in [0.05, 0.1) is 17.4 Å². The predicted octanol–water partition coefficient (Wildman–Crippen LogP) is 3.49. The number of ether oxygens (including phenoxy) is 1. The number of para-hydroxylation sites is 1. The first-order valence-electron chi connectivity index (χ1n) is 7.43. The SMILES string of the molecule is CC(Oc1ccccc1C(F)(F)F)C(=O)Nc1n[nH]c(-c2ccoc2)n1. The first-order valence-corrected chi connectivity index (χ1v) is 7.43. The van der Waals surface area contributed by atoms with E-state index in [1.54, 1.807) is 6.07 Å². The molecular weight excluding hydrogens is 353 g/mol. The molecule has 3 rings (SSSR count). The van der Waals surface area contributed by atoms with Crippen LogP contribution in [0.15, 0.2) is 47.3 Å². The Morgan fingerprint density at radius 2 is 2.08 bits per heavy atom. The molecule has 1 unspecified atom stereocenters. The van der Waals surface area contributed by atoms with Crippen molar-refractivity contribution in [2.45, 2.75) is 19.2 Å². The highest BCUT2D eigenvalue weighted by Crippen LogP contribution is 2.36. The van der Waals surface area contributed by atoms with E-state index in [1.807, 2.05) is 0 Å². The molecule has 2 N–H and O–H groups in total. The van der Waals surface area contributed by atoms with Gasteiger partial charge in [-0.25, -0.2) is 0 Å². The summed E-state index contributed by atoms with van der Waals surface area (Å²) in [6, 6.07) is 6.31. The Morgan fingerprint density at radius 3 is 2.77 bits per heavy atom. The van der Waals surface area contributed by atoms with Gasteiger partial charge in [-0.05, 0) is 25.1 Å². The summed E-state index contributed by atoms with van der Waals surface area (Å²) in [5.41, 5.74) is -0.332. The summed E-state index contributed by atoms with van der Waals surface area (Å²) >= 11 is 0. The van der Waals surface area contributed by atoms with Crippen LogP contribution in [0.2, 0.25) is 0 Å². The van der Waals surface area contributed by atoms with E-state index in [4.69, 9.17) is 9.15 Å². The molecule has 1 aromatic carbocycles. The van der Waals surface area contributed by atoms with Crippen LogP contribution in [0.3, 0.4) is 0 Å². The maximum Gasteiger partial charge on any atom is 0.419 e. The molecule has 0 aliphatic rings. The van der Waals surface area contributed by atoms with E-state index in [0.717, 1.165) is 12.1 Å². The summed E-state index contributed by atoms with van der Waals surface area (Å²) in [5, 5.41) is 8.79. The first kappa shape index (κ1) is 17.5. The van der Waals surface area contributed by atoms with Crippen LogP contribution in [0.25, 0.3) is 11.4 Å². The van der Waals surface area contributed by atoms with Crippen molar-refractivity contribution in [3.63, 3.8) is 0 Å². The van der Waals surface area contributed by atoms with Crippen LogP contribution in [-0.4, -0.2) is 27.2 Å². The maximum atomic E-state index is 13.0. The minimum atomic E-state index is -4.59. The number of carbonyl (C=O) groups excluding carboxylic acids is 1. The third-order valence-electron chi connectivity index (χ3n) is 3.38. The highest BCUT2D eigenvalue weighted by Gasteiger charge is 2.34. The van der Waals surface area contributed by atoms with E-state index in [2.05, 4.69) is 20.5 Å². The predicted molar refractivity (Wildman–Crippen MR) is 84.2 cm³/mol. The van der Waals surface area contributed by atoms with Gasteiger partial charge in [0.2, 0.25) is 5.95 Å². The van der Waals surface area contributed by atoms with E-state index >= 15 is 0 Å². The number of nitrogens with one attached hydrogen (secondary N) is 2. The third kappa shape index (κ3) is 3.85. The Morgan fingerprint density at radius 1 is 1.31 bits per heavy atom. The van der Waals surface area contributed by atoms with Crippen LogP contribution in [-0.2, 0) is 11.0 Å². The molecule has 26 heavy (non-hydrogen) atoms. The van der Waals surface area contributed by atoms with Gasteiger partial charge in [-0.3, -0.25) is 15.2 Å². The second-order valence-corrected chi connectivity index (χ2v) is 5.26. The number of alkyl halides is 3. The zero-order chi connectivity index (χ0) is 18.7. The quantitative estimate of drug-likeness (QED) is 0.721. The highest BCUT2D eigenvalue weighted by molar-refractivity contribution is 5.92. The number of rotatable bonds is 5. The fourth-order valence-corrected chi connectivity index (χ4v) is 2.11. The van der Waals surface area contributed by atoms with Crippen LogP contribution in [0.5, 0.6) is 5.75 Å². The molecule has 0 radical (unpaired) electrons. The van der Waals surface area contributed by atoms with Crippen molar-refractivity contribution in [2.75, 3.05) is 5.32 Å². The lowest BCUT2D eigenvalue weighted by molar-refractivity contribution is -0.140. The molecule has 2 aromatic heterocycles. The molecule has 0 bridgehead atoms. The average Bonchev–Trinajstić information content (AvgIpc) is 3.25. The lowest BCUT2D eigenvalue weighted by atomic mass is 10.2. The number of H-pyrrole nitrogens is 1. The van der Waals surface area contributed by atoms with Gasteiger partial charge in [0, 0.05) is 0 Å². The van der Waals surface area contributed by atoms with Crippen molar-refractivity contribution in [3.05, 3.63) is 48.4 Å². The number of anilines is 1. The minimum Gasteiger partial charge on any atom is -0.480 e. The number of hydrogen-bond acceptors (Lipinski definition) is 5. The van der Waals surface area contributed by atoms with Crippen molar-refractivity contribution in [1.29, 1.82) is 0 Å². The minimum absolute atomic E-state index is 0.0363. The molecule has 0 spiro atoms. The van der Waals surface area contributed by atoms with Crippen molar-refractivity contribution < 1.29 is 27.1 Å². The number of carbonyl (C=O) groups is 1. The zero-order valence-electron chi connectivity index (χ0n) is 13.4. The zero-order valence-corrected chi connectivity index (χ0v) is 13.4. The lowest BCUT2D eigenvalue weighted by Gasteiger charge is -2.17. The Kier molecular flexibility index (Phi) is 4.65. The Balaban J connectivity index is 1.68. The van der Waals surface area contributed by atoms with Crippen molar-refractivity contribution in [2.24, 2.45) is 0 Å². The molecule has 0 aliphatic carbocycles. The molecule has 0 fully saturated rings. The molecule has 1 amide bonds. The van der Waals surface area contributed by atoms with Crippen LogP contribution < -0.4 is 10.1 Å². The van der Waals surface area contributed by atoms with Gasteiger partial charge in [-0.15, -0.1) is 5.10 Å². The van der Waals surface area contributed by atoms with E-state index in [9.17, 15) is 18.0 Å². The molecule has 2 heterocycles. The summed E-state index contributed by atoms with van der Waals surface area (Å²) in [5.74, 6) is -0.799. The molecule has 7 nitrogen and oxygen atoms in total. The second kappa shape index (κ2) is 6.90. The van der Waals surface area contributed by atoms with Gasteiger partial charge in [-0.2, -0.15) is 18.2 Å². The summed E-state index contributed by atoms with van der Waals surface area (Å²) in [6.07, 6.45) is -2.90. The van der Waals surface area contributed by atoms with E-state index < -0.39 is 29.5 Å². The molecule has 3 aromatic rings. The van der Waals surface area contributed by atoms with Crippen LogP contribution in [0.1, 0.15) is 12.5 Å². The number of aromatic nitrogens is 3. The summed E-state index contributed by atoms with van der Waals surface area (Å²) in [4.78, 5) is 16.2. The monoisotopic (exact) mass is 366 g/mol. The van der Waals surface area contributed by atoms with E-state index in [-0.39, 0.29) is 5.95 Å². The number of furan rings is 1. The molecule has 0 saturated carbocycles. The summed E-state index contributed by atoms with van der Waals surface area (Å²) in [6.45, 7) is 1.33. The van der Waals surface area contributed by atoms with Gasteiger partial charge in [-0.1, -0.05) is 12.1 Å². The molecule has 136 valence electrons. The average molecular weight is 366 g/mol. The normalized spacial score (nSPS) is 12.6. The van der Waals surface area contributed by atoms with E-state index in [1.165, 1.54) is 31.6 Å². The fourth-order valence-electron chi connectivity index (χ4n) is 2.11. The van der Waals surface area contributed by atoms with Crippen LogP contribution in [0, 0.1) is 0 Å². The second-order valence-electron chi connectivity index (χ2n) is 5.26. The van der Waals surface area contributed by atoms with Gasteiger partial charge >= 0.3 is 6.18 Å². The topological polar surface area (TPSA) is 93.0 Å². The van der Waals surface area contributed by atoms with Gasteiger partial charge in [0.25, 0.3) is 5.91 Å². The Bertz CT molecular complexity index is 890. The highest BCUT2D eigenvalue weighted by atomic mass is 19.4. The Labute approximate surface area is 145 Å². The van der Waals surface area contributed by atoms with Crippen LogP contribution in [0.4, 0.5) is 19.1 Å². The summed E-state index contributed by atoms with van der Waals surface area (Å²) < 4.78 is 49.0. The number of hydrogen-bond donors (Lipinski definition) is 2. The van der Waals surface area contributed by atoms with E-state index in [0.29, 0.717) is 11.4 Å². The molecule has 0 aliphatic heterocycles. The standard InChI is InChI=1S/C16H13F3N4O3/c1-9(26-12-5-3-2-4-11(12)16(17,18)19)14(24)21-15-20-13(22-23-15)10-6-7-25-8-10/h2-9H,1H3,(H2,20,21,22,23,24). The molecule has 0 saturated heterocycles. The van der Waals surface area contributed by atoms with Crippen LogP contribution >= 0.6 is 0 Å². The third-order valence-corrected chi connectivity index (χ3v) is 3.38. The molecule has 1 atom stereocenters. The maximum absolute atomic E-state index is 13.0.